The van der Waals surface area contributed by atoms with Crippen molar-refractivity contribution >= 4 is 29.4 Å². The Kier molecular flexibility index (Phi) is 12.4. The van der Waals surface area contributed by atoms with Crippen LogP contribution >= 0.6 is 0 Å². The molecular weight excluding hydrogens is 500 g/mol. The minimum Gasteiger partial charge on any atom is -0.497 e. The average Bonchev–Trinajstić information content (AvgIpc) is 2.96. The molecule has 0 spiro atoms. The summed E-state index contributed by atoms with van der Waals surface area (Å²) in [6.45, 7) is 7.35. The highest BCUT2D eigenvalue weighted by Gasteiger charge is 2.10. The molecule has 0 fully saturated rings. The number of amides is 1. The van der Waals surface area contributed by atoms with E-state index in [-0.39, 0.29) is 5.91 Å². The Hall–Kier alpha value is -4.26. The number of nitrogens with zero attached hydrogens (tertiary/aromatic N) is 3. The fraction of sp³-hybridized carbons (Fsp3) is 0.333. The Morgan fingerprint density at radius 2 is 1.69 bits per heavy atom. The topological polar surface area (TPSA) is 158 Å². The quantitative estimate of drug-likeness (QED) is 0.120. The zero-order valence-corrected chi connectivity index (χ0v) is 22.1. The molecule has 0 aliphatic rings. The summed E-state index contributed by atoms with van der Waals surface area (Å²) in [7, 11) is 1.63. The van der Waals surface area contributed by atoms with E-state index < -0.39 is 0 Å². The van der Waals surface area contributed by atoms with Crippen molar-refractivity contribution in [2.45, 2.75) is 6.54 Å². The van der Waals surface area contributed by atoms with Crippen LogP contribution in [-0.2, 0) is 16.0 Å². The number of rotatable bonds is 18. The molecule has 1 heterocycles. The van der Waals surface area contributed by atoms with Gasteiger partial charge in [-0.1, -0.05) is 24.3 Å². The smallest absolute Gasteiger partial charge is 0.251 e. The van der Waals surface area contributed by atoms with Gasteiger partial charge in [0.2, 0.25) is 17.8 Å². The number of methoxy groups -OCH3 is 1. The van der Waals surface area contributed by atoms with Crippen LogP contribution in [0.25, 0.3) is 0 Å². The van der Waals surface area contributed by atoms with Gasteiger partial charge in [-0.05, 0) is 35.9 Å². The van der Waals surface area contributed by atoms with Crippen LogP contribution in [0.3, 0.4) is 0 Å². The summed E-state index contributed by atoms with van der Waals surface area (Å²) in [4.78, 5) is 26.0. The molecule has 12 heteroatoms. The summed E-state index contributed by atoms with van der Waals surface area (Å²) >= 11 is 0. The van der Waals surface area contributed by atoms with Crippen molar-refractivity contribution in [3.8, 4) is 5.75 Å². The molecule has 0 atom stereocenters. The number of carbonyl (C=O) groups excluding carboxylic acids is 1. The third kappa shape index (κ3) is 10.6. The molecule has 3 rings (SSSR count). The lowest BCUT2D eigenvalue weighted by Crippen LogP contribution is -2.27. The predicted octanol–water partition coefficient (Wildman–Crippen LogP) is 2.56. The van der Waals surface area contributed by atoms with Crippen LogP contribution in [0.2, 0.25) is 0 Å². The third-order valence-electron chi connectivity index (χ3n) is 5.17. The first-order valence-electron chi connectivity index (χ1n) is 12.6. The molecule has 0 bridgehead atoms. The Morgan fingerprint density at radius 3 is 2.46 bits per heavy atom. The second-order valence-electron chi connectivity index (χ2n) is 8.16. The second-order valence-corrected chi connectivity index (χ2v) is 8.16. The van der Waals surface area contributed by atoms with E-state index in [0.717, 1.165) is 11.3 Å². The molecule has 39 heavy (non-hydrogen) atoms. The molecule has 208 valence electrons. The monoisotopic (exact) mass is 536 g/mol. The zero-order valence-electron chi connectivity index (χ0n) is 22.1. The molecule has 12 nitrogen and oxygen atoms in total. The van der Waals surface area contributed by atoms with E-state index in [1.807, 2.05) is 30.3 Å². The van der Waals surface area contributed by atoms with Crippen molar-refractivity contribution in [2.24, 2.45) is 5.73 Å². The van der Waals surface area contributed by atoms with Crippen LogP contribution in [0.4, 0.5) is 23.5 Å². The number of aromatic nitrogens is 3. The van der Waals surface area contributed by atoms with E-state index >= 15 is 0 Å². The maximum atomic E-state index is 12.6. The van der Waals surface area contributed by atoms with Gasteiger partial charge in [0.25, 0.3) is 5.91 Å². The summed E-state index contributed by atoms with van der Waals surface area (Å²) in [5.74, 6) is 1.62. The SMILES string of the molecule is C=CCNc1nc(NCc2cccc(OC)c2)nc(Nc2cccc(C(=O)NCCOCCOCCN)c2)n1. The Balaban J connectivity index is 1.60. The number of benzene rings is 2. The lowest BCUT2D eigenvalue weighted by atomic mass is 10.2. The predicted molar refractivity (Wildman–Crippen MR) is 152 cm³/mol. The van der Waals surface area contributed by atoms with Gasteiger partial charge in [0.05, 0.1) is 33.5 Å². The van der Waals surface area contributed by atoms with Crippen LogP contribution in [0, 0.1) is 0 Å². The van der Waals surface area contributed by atoms with Gasteiger partial charge < -0.3 is 41.2 Å². The van der Waals surface area contributed by atoms with Crippen molar-refractivity contribution in [1.82, 2.24) is 20.3 Å². The fourth-order valence-electron chi connectivity index (χ4n) is 3.33. The van der Waals surface area contributed by atoms with Gasteiger partial charge in [0.1, 0.15) is 5.75 Å². The Morgan fingerprint density at radius 1 is 0.949 bits per heavy atom. The number of hydrogen-bond donors (Lipinski definition) is 5. The molecule has 3 aromatic rings. The van der Waals surface area contributed by atoms with Gasteiger partial charge in [-0.2, -0.15) is 15.0 Å². The van der Waals surface area contributed by atoms with Gasteiger partial charge in [-0.3, -0.25) is 4.79 Å². The summed E-state index contributed by atoms with van der Waals surface area (Å²) in [6, 6.07) is 14.8. The van der Waals surface area contributed by atoms with Gasteiger partial charge >= 0.3 is 0 Å². The van der Waals surface area contributed by atoms with Crippen LogP contribution in [0.5, 0.6) is 5.75 Å². The largest absolute Gasteiger partial charge is 0.497 e. The van der Waals surface area contributed by atoms with E-state index in [2.05, 4.69) is 42.8 Å². The first kappa shape index (κ1) is 29.3. The van der Waals surface area contributed by atoms with Crippen molar-refractivity contribution in [1.29, 1.82) is 0 Å². The van der Waals surface area contributed by atoms with E-state index in [9.17, 15) is 4.79 Å². The normalized spacial score (nSPS) is 10.5. The summed E-state index contributed by atoms with van der Waals surface area (Å²) in [5.41, 5.74) is 7.51. The van der Waals surface area contributed by atoms with Crippen LogP contribution < -0.4 is 31.7 Å². The highest BCUT2D eigenvalue weighted by molar-refractivity contribution is 5.95. The van der Waals surface area contributed by atoms with E-state index in [1.165, 1.54) is 0 Å². The number of ether oxygens (including phenoxy) is 3. The molecule has 0 aliphatic heterocycles. The van der Waals surface area contributed by atoms with Crippen LogP contribution in [-0.4, -0.2) is 74.0 Å². The molecule has 0 saturated heterocycles. The van der Waals surface area contributed by atoms with Crippen molar-refractivity contribution in [2.75, 3.05) is 69.1 Å². The summed E-state index contributed by atoms with van der Waals surface area (Å²) in [5, 5.41) is 12.3. The average molecular weight is 537 g/mol. The highest BCUT2D eigenvalue weighted by atomic mass is 16.5. The number of carbonyl (C=O) groups is 1. The van der Waals surface area contributed by atoms with Crippen molar-refractivity contribution in [3.63, 3.8) is 0 Å². The number of nitrogens with one attached hydrogen (secondary N) is 4. The second kappa shape index (κ2) is 16.6. The van der Waals surface area contributed by atoms with Crippen molar-refractivity contribution < 1.29 is 19.0 Å². The molecule has 0 saturated carbocycles. The summed E-state index contributed by atoms with van der Waals surface area (Å²) in [6.07, 6.45) is 1.71. The lowest BCUT2D eigenvalue weighted by Gasteiger charge is -2.12. The lowest BCUT2D eigenvalue weighted by molar-refractivity contribution is 0.0511. The molecule has 1 aromatic heterocycles. The van der Waals surface area contributed by atoms with Gasteiger partial charge in [-0.25, -0.2) is 0 Å². The highest BCUT2D eigenvalue weighted by Crippen LogP contribution is 2.18. The zero-order chi connectivity index (χ0) is 27.7. The molecule has 0 unspecified atom stereocenters. The molecular formula is C27H36N8O4. The maximum absolute atomic E-state index is 12.6. The van der Waals surface area contributed by atoms with Gasteiger partial charge in [0, 0.05) is 37.4 Å². The van der Waals surface area contributed by atoms with Gasteiger partial charge in [0.15, 0.2) is 0 Å². The Bertz CT molecular complexity index is 1190. The van der Waals surface area contributed by atoms with Crippen molar-refractivity contribution in [3.05, 3.63) is 72.3 Å². The first-order valence-corrected chi connectivity index (χ1v) is 12.6. The van der Waals surface area contributed by atoms with Crippen LogP contribution in [0.15, 0.2) is 61.2 Å². The van der Waals surface area contributed by atoms with Gasteiger partial charge in [-0.15, -0.1) is 6.58 Å². The number of nitrogens with two attached hydrogens (primary N) is 1. The minimum atomic E-state index is -0.216. The number of anilines is 4. The number of hydrogen-bond acceptors (Lipinski definition) is 11. The molecule has 1 amide bonds. The molecule has 6 N–H and O–H groups in total. The Labute approximate surface area is 228 Å². The fourth-order valence-corrected chi connectivity index (χ4v) is 3.33. The van der Waals surface area contributed by atoms with E-state index in [4.69, 9.17) is 19.9 Å². The minimum absolute atomic E-state index is 0.216. The summed E-state index contributed by atoms with van der Waals surface area (Å²) < 4.78 is 16.0. The first-order chi connectivity index (χ1) is 19.1. The van der Waals surface area contributed by atoms with E-state index in [1.54, 1.807) is 31.4 Å². The molecule has 0 aliphatic carbocycles. The molecule has 2 aromatic carbocycles. The standard InChI is InChI=1S/C27H36N8O4/c1-3-11-30-25-33-26(31-19-20-6-4-9-23(17-20)37-2)35-27(34-25)32-22-8-5-7-21(18-22)24(36)29-12-14-39-16-15-38-13-10-28/h3-9,17-18H,1,10-16,19,28H2,2H3,(H,29,36)(H3,30,31,32,33,34,35). The van der Waals surface area contributed by atoms with Crippen LogP contribution in [0.1, 0.15) is 15.9 Å². The third-order valence-corrected chi connectivity index (χ3v) is 5.17. The molecule has 0 radical (unpaired) electrons. The maximum Gasteiger partial charge on any atom is 0.251 e. The van der Waals surface area contributed by atoms with E-state index in [0.29, 0.717) is 81.7 Å².